The van der Waals surface area contributed by atoms with Crippen LogP contribution in [0.2, 0.25) is 0 Å². The number of ketones is 1. The van der Waals surface area contributed by atoms with Crippen molar-refractivity contribution in [1.29, 1.82) is 0 Å². The van der Waals surface area contributed by atoms with Crippen LogP contribution in [0, 0.1) is 5.92 Å². The smallest absolute Gasteiger partial charge is 0.306 e. The summed E-state index contributed by atoms with van der Waals surface area (Å²) in [4.78, 5) is 36.5. The number of carbonyl (C=O) groups excluding carboxylic acids is 2. The lowest BCUT2D eigenvalue weighted by atomic mass is 9.87. The van der Waals surface area contributed by atoms with Gasteiger partial charge in [0, 0.05) is 18.5 Å². The van der Waals surface area contributed by atoms with Gasteiger partial charge in [0.2, 0.25) is 0 Å². The Balaban J connectivity index is 1.16. The second-order valence-corrected chi connectivity index (χ2v) is 9.67. The molecule has 6 nitrogen and oxygen atoms in total. The molecule has 32 heavy (non-hydrogen) atoms. The first-order chi connectivity index (χ1) is 15.5. The fraction of sp³-hybridized carbons (Fsp3) is 0.480. The molecule has 2 N–H and O–H groups in total. The van der Waals surface area contributed by atoms with Gasteiger partial charge in [0.25, 0.3) is 5.91 Å². The molecule has 1 aromatic heterocycles. The van der Waals surface area contributed by atoms with Gasteiger partial charge in [-0.2, -0.15) is 0 Å². The van der Waals surface area contributed by atoms with Crippen molar-refractivity contribution in [3.8, 4) is 5.75 Å². The standard InChI is InChI=1S/C25H29NO5S/c27-22(2-1-13-26-24(28)23-14-19(15-32-23)16-3-4-16)17-5-9-20(10-6-17)31-21-11-7-18(8-12-21)25(29)30/h5-6,9-10,14-16,18,21H,1-4,7-8,11-13H2,(H,26,28)(H,29,30). The number of Topliss-reactive ketones (excluding diaryl/α,β-unsaturated/α-hetero) is 1. The Morgan fingerprint density at radius 1 is 1.03 bits per heavy atom. The fourth-order valence-corrected chi connectivity index (χ4v) is 5.03. The highest BCUT2D eigenvalue weighted by atomic mass is 32.1. The average Bonchev–Trinajstić information content (AvgIpc) is 3.53. The van der Waals surface area contributed by atoms with Crippen molar-refractivity contribution in [2.45, 2.75) is 63.4 Å². The third-order valence-electron chi connectivity index (χ3n) is 6.26. The fourth-order valence-electron chi connectivity index (χ4n) is 4.12. The predicted octanol–water partition coefficient (Wildman–Crippen LogP) is 5.04. The molecule has 0 aliphatic heterocycles. The maximum absolute atomic E-state index is 12.4. The summed E-state index contributed by atoms with van der Waals surface area (Å²) >= 11 is 1.49. The zero-order valence-electron chi connectivity index (χ0n) is 18.0. The second kappa shape index (κ2) is 10.3. The highest BCUT2D eigenvalue weighted by molar-refractivity contribution is 7.12. The molecule has 4 rings (SSSR count). The first-order valence-corrected chi connectivity index (χ1v) is 12.3. The number of aliphatic carboxylic acids is 1. The number of rotatable bonds is 10. The Labute approximate surface area is 192 Å². The van der Waals surface area contributed by atoms with Gasteiger partial charge in [-0.1, -0.05) is 0 Å². The maximum Gasteiger partial charge on any atom is 0.306 e. The summed E-state index contributed by atoms with van der Waals surface area (Å²) in [5.74, 6) is 0.349. The Bertz CT molecular complexity index is 955. The monoisotopic (exact) mass is 455 g/mol. The van der Waals surface area contributed by atoms with Gasteiger partial charge in [-0.05, 0) is 92.1 Å². The van der Waals surface area contributed by atoms with Crippen LogP contribution in [0.4, 0.5) is 0 Å². The number of carboxylic acid groups (broad SMARTS) is 1. The molecule has 1 amide bonds. The van der Waals surface area contributed by atoms with Crippen molar-refractivity contribution in [3.05, 3.63) is 51.7 Å². The highest BCUT2D eigenvalue weighted by Crippen LogP contribution is 2.41. The van der Waals surface area contributed by atoms with Crippen molar-refractivity contribution < 1.29 is 24.2 Å². The lowest BCUT2D eigenvalue weighted by Crippen LogP contribution is -2.27. The van der Waals surface area contributed by atoms with Crippen LogP contribution in [0.25, 0.3) is 0 Å². The van der Waals surface area contributed by atoms with E-state index in [0.29, 0.717) is 49.5 Å². The summed E-state index contributed by atoms with van der Waals surface area (Å²) in [5.41, 5.74) is 1.90. The van der Waals surface area contributed by atoms with Gasteiger partial charge < -0.3 is 15.2 Å². The number of carbonyl (C=O) groups is 3. The van der Waals surface area contributed by atoms with Crippen molar-refractivity contribution in [1.82, 2.24) is 5.32 Å². The average molecular weight is 456 g/mol. The lowest BCUT2D eigenvalue weighted by Gasteiger charge is -2.26. The molecule has 0 atom stereocenters. The summed E-state index contributed by atoms with van der Waals surface area (Å²) < 4.78 is 5.95. The van der Waals surface area contributed by atoms with E-state index in [1.807, 2.05) is 6.07 Å². The summed E-state index contributed by atoms with van der Waals surface area (Å²) in [6.07, 6.45) is 6.19. The van der Waals surface area contributed by atoms with E-state index < -0.39 is 5.97 Å². The number of hydrogen-bond donors (Lipinski definition) is 2. The summed E-state index contributed by atoms with van der Waals surface area (Å²) in [5, 5.41) is 14.1. The number of thiophene rings is 1. The Kier molecular flexibility index (Phi) is 7.25. The maximum atomic E-state index is 12.4. The molecule has 2 aliphatic carbocycles. The van der Waals surface area contributed by atoms with E-state index in [9.17, 15) is 14.4 Å². The number of nitrogens with one attached hydrogen (secondary N) is 1. The van der Waals surface area contributed by atoms with Gasteiger partial charge in [-0.15, -0.1) is 11.3 Å². The minimum Gasteiger partial charge on any atom is -0.490 e. The molecule has 170 valence electrons. The minimum atomic E-state index is -0.722. The number of hydrogen-bond acceptors (Lipinski definition) is 5. The zero-order chi connectivity index (χ0) is 22.5. The van der Waals surface area contributed by atoms with Crippen LogP contribution in [0.5, 0.6) is 5.75 Å². The molecular formula is C25H29NO5S. The van der Waals surface area contributed by atoms with Crippen LogP contribution in [-0.2, 0) is 4.79 Å². The third kappa shape index (κ3) is 5.97. The van der Waals surface area contributed by atoms with Crippen molar-refractivity contribution >= 4 is 29.0 Å². The van der Waals surface area contributed by atoms with E-state index in [1.165, 1.54) is 29.7 Å². The van der Waals surface area contributed by atoms with E-state index in [1.54, 1.807) is 24.3 Å². The van der Waals surface area contributed by atoms with Gasteiger partial charge in [-0.25, -0.2) is 0 Å². The summed E-state index contributed by atoms with van der Waals surface area (Å²) in [7, 11) is 0. The predicted molar refractivity (Wildman–Crippen MR) is 123 cm³/mol. The van der Waals surface area contributed by atoms with E-state index in [2.05, 4.69) is 10.7 Å². The van der Waals surface area contributed by atoms with E-state index in [-0.39, 0.29) is 23.7 Å². The molecule has 0 unspecified atom stereocenters. The van der Waals surface area contributed by atoms with Gasteiger partial charge in [0.1, 0.15) is 5.75 Å². The molecule has 1 aromatic carbocycles. The summed E-state index contributed by atoms with van der Waals surface area (Å²) in [6, 6.07) is 9.12. The molecule has 1 heterocycles. The van der Waals surface area contributed by atoms with Crippen molar-refractivity contribution in [3.63, 3.8) is 0 Å². The van der Waals surface area contributed by atoms with Crippen LogP contribution in [0.3, 0.4) is 0 Å². The molecule has 2 aliphatic rings. The van der Waals surface area contributed by atoms with Gasteiger partial charge in [0.15, 0.2) is 5.78 Å². The van der Waals surface area contributed by atoms with Crippen molar-refractivity contribution in [2.75, 3.05) is 6.54 Å². The minimum absolute atomic E-state index is 0.0273. The second-order valence-electron chi connectivity index (χ2n) is 8.76. The van der Waals surface area contributed by atoms with Crippen LogP contribution in [-0.4, -0.2) is 35.4 Å². The quantitative estimate of drug-likeness (QED) is 0.387. The van der Waals surface area contributed by atoms with Crippen LogP contribution >= 0.6 is 11.3 Å². The molecule has 0 bridgehead atoms. The molecule has 0 radical (unpaired) electrons. The number of ether oxygens (including phenoxy) is 1. The van der Waals surface area contributed by atoms with Crippen LogP contribution < -0.4 is 10.1 Å². The lowest BCUT2D eigenvalue weighted by molar-refractivity contribution is -0.143. The molecule has 2 fully saturated rings. The molecule has 7 heteroatoms. The molecule has 0 spiro atoms. The molecule has 0 saturated heterocycles. The van der Waals surface area contributed by atoms with E-state index in [0.717, 1.165) is 17.7 Å². The molecule has 2 aromatic rings. The molecule has 2 saturated carbocycles. The van der Waals surface area contributed by atoms with Gasteiger partial charge >= 0.3 is 5.97 Å². The van der Waals surface area contributed by atoms with Crippen molar-refractivity contribution in [2.24, 2.45) is 5.92 Å². The Hall–Kier alpha value is -2.67. The number of amides is 1. The third-order valence-corrected chi connectivity index (χ3v) is 7.21. The van der Waals surface area contributed by atoms with E-state index >= 15 is 0 Å². The Morgan fingerprint density at radius 3 is 2.41 bits per heavy atom. The topological polar surface area (TPSA) is 92.7 Å². The normalized spacial score (nSPS) is 20.5. The summed E-state index contributed by atoms with van der Waals surface area (Å²) in [6.45, 7) is 0.474. The highest BCUT2D eigenvalue weighted by Gasteiger charge is 2.27. The largest absolute Gasteiger partial charge is 0.490 e. The number of benzene rings is 1. The van der Waals surface area contributed by atoms with E-state index in [4.69, 9.17) is 9.84 Å². The van der Waals surface area contributed by atoms with Crippen LogP contribution in [0.1, 0.15) is 82.9 Å². The Morgan fingerprint density at radius 2 is 1.75 bits per heavy atom. The van der Waals surface area contributed by atoms with Crippen LogP contribution in [0.15, 0.2) is 35.7 Å². The first-order valence-electron chi connectivity index (χ1n) is 11.4. The first kappa shape index (κ1) is 22.5. The van der Waals surface area contributed by atoms with Gasteiger partial charge in [-0.3, -0.25) is 14.4 Å². The SMILES string of the molecule is O=C(CCCNC(=O)c1cc(C2CC2)cs1)c1ccc(OC2CCC(C(=O)O)CC2)cc1. The zero-order valence-corrected chi connectivity index (χ0v) is 18.9. The molecular weight excluding hydrogens is 426 g/mol. The van der Waals surface area contributed by atoms with Gasteiger partial charge in [0.05, 0.1) is 16.9 Å². The number of carboxylic acids is 1.